The predicted molar refractivity (Wildman–Crippen MR) is 123 cm³/mol. The van der Waals surface area contributed by atoms with Crippen LogP contribution in [0.5, 0.6) is 5.75 Å². The van der Waals surface area contributed by atoms with Gasteiger partial charge in [-0.15, -0.1) is 0 Å². The monoisotopic (exact) mass is 450 g/mol. The quantitative estimate of drug-likeness (QED) is 0.497. The van der Waals surface area contributed by atoms with Crippen LogP contribution in [0.1, 0.15) is 47.2 Å². The van der Waals surface area contributed by atoms with Crippen LogP contribution < -0.4 is 4.74 Å². The molecule has 0 radical (unpaired) electrons. The number of rotatable bonds is 6. The van der Waals surface area contributed by atoms with Crippen molar-refractivity contribution in [3.05, 3.63) is 65.2 Å². The van der Waals surface area contributed by atoms with Crippen LogP contribution in [-0.2, 0) is 20.7 Å². The molecule has 7 heteroatoms. The first-order chi connectivity index (χ1) is 16.0. The van der Waals surface area contributed by atoms with E-state index in [0.29, 0.717) is 44.1 Å². The molecule has 1 aliphatic carbocycles. The molecule has 7 nitrogen and oxygen atoms in total. The molecule has 33 heavy (non-hydrogen) atoms. The highest BCUT2D eigenvalue weighted by molar-refractivity contribution is 5.94. The molecule has 0 bridgehead atoms. The minimum atomic E-state index is -0.251. The topological polar surface area (TPSA) is 76.2 Å². The maximum atomic E-state index is 12.9. The third kappa shape index (κ3) is 5.60. The van der Waals surface area contributed by atoms with Crippen LogP contribution in [0, 0.1) is 0 Å². The number of hydrogen-bond donors (Lipinski definition) is 0. The Hall–Kier alpha value is -3.19. The minimum absolute atomic E-state index is 0.0649. The lowest BCUT2D eigenvalue weighted by Crippen LogP contribution is -2.50. The zero-order valence-corrected chi connectivity index (χ0v) is 19.0. The second-order valence-electron chi connectivity index (χ2n) is 8.46. The molecule has 2 aromatic carbocycles. The summed E-state index contributed by atoms with van der Waals surface area (Å²) in [6.45, 7) is 4.77. The van der Waals surface area contributed by atoms with E-state index >= 15 is 0 Å². The Morgan fingerprint density at radius 1 is 0.970 bits per heavy atom. The van der Waals surface area contributed by atoms with E-state index in [-0.39, 0.29) is 30.3 Å². The van der Waals surface area contributed by atoms with E-state index in [1.165, 1.54) is 5.56 Å². The molecule has 174 valence electrons. The number of carbonyl (C=O) groups is 3. The molecular formula is C26H30N2O5. The number of hydrogen-bond acceptors (Lipinski definition) is 6. The van der Waals surface area contributed by atoms with Crippen molar-refractivity contribution in [2.45, 2.75) is 32.1 Å². The molecule has 0 spiro atoms. The summed E-state index contributed by atoms with van der Waals surface area (Å²) in [6.07, 6.45) is 2.75. The molecule has 2 aromatic rings. The Morgan fingerprint density at radius 3 is 2.42 bits per heavy atom. The van der Waals surface area contributed by atoms with Crippen LogP contribution in [-0.4, -0.2) is 67.0 Å². The number of benzene rings is 2. The van der Waals surface area contributed by atoms with Crippen LogP contribution in [0.15, 0.2) is 48.5 Å². The zero-order valence-electron chi connectivity index (χ0n) is 19.0. The number of piperazine rings is 1. The van der Waals surface area contributed by atoms with Crippen molar-refractivity contribution < 1.29 is 23.9 Å². The number of nitrogens with zero attached hydrogens (tertiary/aromatic N) is 2. The summed E-state index contributed by atoms with van der Waals surface area (Å²) in [5, 5.41) is 0. The Morgan fingerprint density at radius 2 is 1.70 bits per heavy atom. The van der Waals surface area contributed by atoms with Crippen molar-refractivity contribution in [1.82, 2.24) is 9.80 Å². The Bertz CT molecular complexity index is 996. The second-order valence-corrected chi connectivity index (χ2v) is 8.46. The molecule has 1 aliphatic heterocycles. The van der Waals surface area contributed by atoms with Crippen molar-refractivity contribution >= 4 is 17.8 Å². The first kappa shape index (κ1) is 23.0. The van der Waals surface area contributed by atoms with Crippen LogP contribution in [0.3, 0.4) is 0 Å². The van der Waals surface area contributed by atoms with Crippen LogP contribution >= 0.6 is 0 Å². The van der Waals surface area contributed by atoms with E-state index in [1.807, 2.05) is 23.1 Å². The average molecular weight is 451 g/mol. The lowest BCUT2D eigenvalue weighted by molar-refractivity contribution is -0.144. The van der Waals surface area contributed by atoms with E-state index in [0.717, 1.165) is 24.8 Å². The third-order valence-corrected chi connectivity index (χ3v) is 6.29. The molecule has 1 amide bonds. The number of carbonyl (C=O) groups excluding carboxylic acids is 3. The average Bonchev–Trinajstić information content (AvgIpc) is 2.84. The summed E-state index contributed by atoms with van der Waals surface area (Å²) < 4.78 is 10.6. The van der Waals surface area contributed by atoms with Crippen LogP contribution in [0.25, 0.3) is 0 Å². The van der Waals surface area contributed by atoms with Crippen LogP contribution in [0.2, 0.25) is 0 Å². The van der Waals surface area contributed by atoms with Gasteiger partial charge in [-0.2, -0.15) is 0 Å². The highest BCUT2D eigenvalue weighted by atomic mass is 16.5. The van der Waals surface area contributed by atoms with Crippen molar-refractivity contribution in [2.24, 2.45) is 0 Å². The van der Waals surface area contributed by atoms with E-state index in [2.05, 4.69) is 6.07 Å². The smallest absolute Gasteiger partial charge is 0.320 e. The SMILES string of the molecule is CCOC(=O)CN1CCN(C(=O)c2ccc(OC(=O)C3CCCc4ccccc43)cc2)CC1. The van der Waals surface area contributed by atoms with Gasteiger partial charge in [0.15, 0.2) is 0 Å². The number of aryl methyl sites for hydroxylation is 1. The van der Waals surface area contributed by atoms with Crippen molar-refractivity contribution in [3.63, 3.8) is 0 Å². The summed E-state index contributed by atoms with van der Waals surface area (Å²) in [6, 6.07) is 14.8. The van der Waals surface area contributed by atoms with Gasteiger partial charge < -0.3 is 14.4 Å². The Labute approximate surface area is 194 Å². The Balaban J connectivity index is 1.31. The standard InChI is InChI=1S/C26H30N2O5/c1-2-32-24(29)18-27-14-16-28(17-15-27)25(30)20-10-12-21(13-11-20)33-26(31)23-9-5-7-19-6-3-4-8-22(19)23/h3-4,6,8,10-13,23H,2,5,7,9,14-18H2,1H3. The van der Waals surface area contributed by atoms with Gasteiger partial charge in [-0.25, -0.2) is 0 Å². The molecule has 0 saturated carbocycles. The number of ether oxygens (including phenoxy) is 2. The summed E-state index contributed by atoms with van der Waals surface area (Å²) in [5.41, 5.74) is 2.83. The first-order valence-corrected chi connectivity index (χ1v) is 11.6. The molecule has 1 atom stereocenters. The number of amides is 1. The predicted octanol–water partition coefficient (Wildman–Crippen LogP) is 3.03. The van der Waals surface area contributed by atoms with E-state index in [1.54, 1.807) is 36.1 Å². The number of fused-ring (bicyclic) bond motifs is 1. The number of esters is 2. The summed E-state index contributed by atoms with van der Waals surface area (Å²) >= 11 is 0. The van der Waals surface area contributed by atoms with E-state index in [4.69, 9.17) is 9.47 Å². The van der Waals surface area contributed by atoms with Gasteiger partial charge in [0.2, 0.25) is 0 Å². The summed E-state index contributed by atoms with van der Waals surface area (Å²) in [5.74, 6) is -0.357. The fourth-order valence-electron chi connectivity index (χ4n) is 4.53. The third-order valence-electron chi connectivity index (χ3n) is 6.29. The second kappa shape index (κ2) is 10.6. The van der Waals surface area contributed by atoms with Gasteiger partial charge in [0.05, 0.1) is 19.1 Å². The van der Waals surface area contributed by atoms with Crippen molar-refractivity contribution in [1.29, 1.82) is 0 Å². The maximum absolute atomic E-state index is 12.9. The first-order valence-electron chi connectivity index (χ1n) is 11.6. The molecule has 0 aromatic heterocycles. The largest absolute Gasteiger partial charge is 0.465 e. The van der Waals surface area contributed by atoms with Gasteiger partial charge in [-0.1, -0.05) is 24.3 Å². The lowest BCUT2D eigenvalue weighted by Gasteiger charge is -2.34. The molecule has 1 heterocycles. The summed E-state index contributed by atoms with van der Waals surface area (Å²) in [7, 11) is 0. The highest BCUT2D eigenvalue weighted by Crippen LogP contribution is 2.32. The molecule has 1 fully saturated rings. The normalized spacial score (nSPS) is 18.3. The minimum Gasteiger partial charge on any atom is -0.465 e. The van der Waals surface area contributed by atoms with Gasteiger partial charge in [0.25, 0.3) is 5.91 Å². The zero-order chi connectivity index (χ0) is 23.2. The van der Waals surface area contributed by atoms with E-state index in [9.17, 15) is 14.4 Å². The van der Waals surface area contributed by atoms with Gasteiger partial charge in [0.1, 0.15) is 5.75 Å². The van der Waals surface area contributed by atoms with Crippen molar-refractivity contribution in [2.75, 3.05) is 39.3 Å². The molecule has 1 saturated heterocycles. The molecule has 2 aliphatic rings. The highest BCUT2D eigenvalue weighted by Gasteiger charge is 2.28. The van der Waals surface area contributed by atoms with Crippen LogP contribution in [0.4, 0.5) is 0 Å². The summed E-state index contributed by atoms with van der Waals surface area (Å²) in [4.78, 5) is 41.1. The molecule has 0 N–H and O–H groups in total. The molecular weight excluding hydrogens is 420 g/mol. The molecule has 1 unspecified atom stereocenters. The van der Waals surface area contributed by atoms with Gasteiger partial charge in [0, 0.05) is 31.7 Å². The fraction of sp³-hybridized carbons (Fsp3) is 0.423. The maximum Gasteiger partial charge on any atom is 0.320 e. The Kier molecular flexibility index (Phi) is 7.40. The fourth-order valence-corrected chi connectivity index (χ4v) is 4.53. The van der Waals surface area contributed by atoms with Crippen molar-refractivity contribution in [3.8, 4) is 5.75 Å². The van der Waals surface area contributed by atoms with Gasteiger partial charge >= 0.3 is 11.9 Å². The van der Waals surface area contributed by atoms with Gasteiger partial charge in [-0.05, 0) is 61.6 Å². The molecule has 4 rings (SSSR count). The van der Waals surface area contributed by atoms with E-state index < -0.39 is 0 Å². The lowest BCUT2D eigenvalue weighted by atomic mass is 9.83. The van der Waals surface area contributed by atoms with Gasteiger partial charge in [-0.3, -0.25) is 19.3 Å².